The van der Waals surface area contributed by atoms with E-state index in [2.05, 4.69) is 4.98 Å². The summed E-state index contributed by atoms with van der Waals surface area (Å²) in [6.07, 6.45) is 3.27. The highest BCUT2D eigenvalue weighted by Gasteiger charge is 2.35. The number of amides is 2. The van der Waals surface area contributed by atoms with Crippen LogP contribution < -0.4 is 4.74 Å². The van der Waals surface area contributed by atoms with Crippen molar-refractivity contribution in [3.8, 4) is 17.6 Å². The minimum atomic E-state index is -0.357. The summed E-state index contributed by atoms with van der Waals surface area (Å²) >= 11 is 0. The Morgan fingerprint density at radius 1 is 0.963 bits per heavy atom. The predicted molar refractivity (Wildman–Crippen MR) is 96.1 cm³/mol. The Balaban J connectivity index is 1.57. The van der Waals surface area contributed by atoms with Crippen LogP contribution >= 0.6 is 0 Å². The lowest BCUT2D eigenvalue weighted by atomic mass is 10.1. The molecule has 1 aromatic heterocycles. The van der Waals surface area contributed by atoms with Crippen molar-refractivity contribution < 1.29 is 14.3 Å². The molecular weight excluding hydrogens is 342 g/mol. The number of carbonyl (C=O) groups excluding carboxylic acids is 2. The largest absolute Gasteiger partial charge is 0.457 e. The highest BCUT2D eigenvalue weighted by molar-refractivity contribution is 6.21. The van der Waals surface area contributed by atoms with Crippen LogP contribution in [0.25, 0.3) is 0 Å². The summed E-state index contributed by atoms with van der Waals surface area (Å²) in [5, 5.41) is 8.84. The topological polar surface area (TPSA) is 83.3 Å². The van der Waals surface area contributed by atoms with Gasteiger partial charge in [0.25, 0.3) is 11.8 Å². The van der Waals surface area contributed by atoms with Crippen LogP contribution in [0.5, 0.6) is 11.5 Å². The average molecular weight is 355 g/mol. The number of ether oxygens (including phenoxy) is 1. The number of hydrogen-bond acceptors (Lipinski definition) is 5. The normalized spacial score (nSPS) is 12.6. The summed E-state index contributed by atoms with van der Waals surface area (Å²) in [5.74, 6) is 0.300. The standard InChI is InChI=1S/C21H13N3O3/c22-11-14-3-5-16(6-4-14)27-17-7-8-18-19(10-17)21(26)24(20(18)25)13-15-2-1-9-23-12-15/h1-10,12H,13H2. The molecule has 27 heavy (non-hydrogen) atoms. The molecule has 2 amide bonds. The fourth-order valence-corrected chi connectivity index (χ4v) is 2.88. The summed E-state index contributed by atoms with van der Waals surface area (Å²) in [4.78, 5) is 30.5. The second kappa shape index (κ2) is 6.73. The van der Waals surface area contributed by atoms with E-state index in [1.807, 2.05) is 12.1 Å². The molecule has 4 rings (SSSR count). The Bertz CT molecular complexity index is 1070. The molecule has 0 radical (unpaired) electrons. The van der Waals surface area contributed by atoms with Crippen LogP contribution in [0, 0.1) is 11.3 Å². The first-order valence-corrected chi connectivity index (χ1v) is 8.23. The van der Waals surface area contributed by atoms with E-state index in [-0.39, 0.29) is 18.4 Å². The second-order valence-corrected chi connectivity index (χ2v) is 6.00. The van der Waals surface area contributed by atoms with Crippen LogP contribution in [0.1, 0.15) is 31.8 Å². The quantitative estimate of drug-likeness (QED) is 0.669. The number of benzene rings is 2. The number of carbonyl (C=O) groups is 2. The molecule has 0 saturated heterocycles. The third kappa shape index (κ3) is 3.14. The van der Waals surface area contributed by atoms with Crippen molar-refractivity contribution in [1.82, 2.24) is 9.88 Å². The molecule has 0 N–H and O–H groups in total. The molecule has 0 unspecified atom stereocenters. The number of nitriles is 1. The van der Waals surface area contributed by atoms with Crippen molar-refractivity contribution in [2.75, 3.05) is 0 Å². The maximum atomic E-state index is 12.7. The molecule has 0 atom stereocenters. The molecule has 3 aromatic rings. The van der Waals surface area contributed by atoms with Gasteiger partial charge < -0.3 is 4.74 Å². The molecule has 0 spiro atoms. The van der Waals surface area contributed by atoms with E-state index >= 15 is 0 Å². The zero-order valence-corrected chi connectivity index (χ0v) is 14.1. The van der Waals surface area contributed by atoms with Gasteiger partial charge in [0.2, 0.25) is 0 Å². The Morgan fingerprint density at radius 3 is 2.41 bits per heavy atom. The molecule has 0 aliphatic carbocycles. The van der Waals surface area contributed by atoms with Gasteiger partial charge >= 0.3 is 0 Å². The Kier molecular flexibility index (Phi) is 4.11. The summed E-state index contributed by atoms with van der Waals surface area (Å²) in [6.45, 7) is 0.173. The van der Waals surface area contributed by atoms with Crippen LogP contribution in [0.3, 0.4) is 0 Å². The molecule has 130 valence electrons. The number of hydrogen-bond donors (Lipinski definition) is 0. The third-order valence-electron chi connectivity index (χ3n) is 4.22. The van der Waals surface area contributed by atoms with E-state index in [1.54, 1.807) is 60.9 Å². The van der Waals surface area contributed by atoms with Crippen LogP contribution in [-0.2, 0) is 6.54 Å². The third-order valence-corrected chi connectivity index (χ3v) is 4.22. The van der Waals surface area contributed by atoms with E-state index in [1.165, 1.54) is 4.90 Å². The van der Waals surface area contributed by atoms with Gasteiger partial charge in [-0.05, 0) is 54.1 Å². The van der Waals surface area contributed by atoms with Gasteiger partial charge in [0, 0.05) is 12.4 Å². The van der Waals surface area contributed by atoms with E-state index in [4.69, 9.17) is 10.00 Å². The average Bonchev–Trinajstić information content (AvgIpc) is 2.94. The van der Waals surface area contributed by atoms with E-state index in [9.17, 15) is 9.59 Å². The number of imide groups is 1. The Hall–Kier alpha value is -3.98. The predicted octanol–water partition coefficient (Wildman–Crippen LogP) is 3.54. The number of rotatable bonds is 4. The minimum absolute atomic E-state index is 0.173. The molecule has 1 aliphatic rings. The smallest absolute Gasteiger partial charge is 0.262 e. The number of nitrogens with zero attached hydrogens (tertiary/aromatic N) is 3. The molecule has 0 bridgehead atoms. The fourth-order valence-electron chi connectivity index (χ4n) is 2.88. The van der Waals surface area contributed by atoms with Gasteiger partial charge in [0.15, 0.2) is 0 Å². The van der Waals surface area contributed by atoms with E-state index in [0.29, 0.717) is 28.2 Å². The molecule has 0 fully saturated rings. The van der Waals surface area contributed by atoms with Gasteiger partial charge in [0.1, 0.15) is 11.5 Å². The van der Waals surface area contributed by atoms with Gasteiger partial charge in [-0.1, -0.05) is 6.07 Å². The van der Waals surface area contributed by atoms with Crippen molar-refractivity contribution in [3.05, 3.63) is 89.2 Å². The summed E-state index contributed by atoms with van der Waals surface area (Å²) in [5.41, 5.74) is 1.98. The Labute approximate surface area is 155 Å². The van der Waals surface area contributed by atoms with E-state index in [0.717, 1.165) is 5.56 Å². The number of aromatic nitrogens is 1. The molecule has 2 aromatic carbocycles. The first-order chi connectivity index (χ1) is 13.2. The van der Waals surface area contributed by atoms with Crippen molar-refractivity contribution in [2.45, 2.75) is 6.54 Å². The maximum Gasteiger partial charge on any atom is 0.262 e. The van der Waals surface area contributed by atoms with Crippen molar-refractivity contribution >= 4 is 11.8 Å². The first-order valence-electron chi connectivity index (χ1n) is 8.23. The maximum absolute atomic E-state index is 12.7. The van der Waals surface area contributed by atoms with Gasteiger partial charge in [0.05, 0.1) is 29.3 Å². The zero-order valence-electron chi connectivity index (χ0n) is 14.1. The van der Waals surface area contributed by atoms with Gasteiger partial charge in [-0.3, -0.25) is 19.5 Å². The fraction of sp³-hybridized carbons (Fsp3) is 0.0476. The summed E-state index contributed by atoms with van der Waals surface area (Å²) in [7, 11) is 0. The van der Waals surface area contributed by atoms with Gasteiger partial charge in [-0.15, -0.1) is 0 Å². The number of fused-ring (bicyclic) bond motifs is 1. The number of pyridine rings is 1. The van der Waals surface area contributed by atoms with Crippen LogP contribution in [-0.4, -0.2) is 21.7 Å². The van der Waals surface area contributed by atoms with Crippen LogP contribution in [0.4, 0.5) is 0 Å². The monoisotopic (exact) mass is 355 g/mol. The molecule has 1 aliphatic heterocycles. The van der Waals surface area contributed by atoms with Crippen LogP contribution in [0.2, 0.25) is 0 Å². The molecule has 0 saturated carbocycles. The van der Waals surface area contributed by atoms with Gasteiger partial charge in [-0.25, -0.2) is 0 Å². The molecule has 6 heteroatoms. The molecule has 2 heterocycles. The first kappa shape index (κ1) is 16.5. The second-order valence-electron chi connectivity index (χ2n) is 6.00. The Morgan fingerprint density at radius 2 is 1.70 bits per heavy atom. The SMILES string of the molecule is N#Cc1ccc(Oc2ccc3c(c2)C(=O)N(Cc2cccnc2)C3=O)cc1. The zero-order chi connectivity index (χ0) is 18.8. The van der Waals surface area contributed by atoms with Crippen molar-refractivity contribution in [3.63, 3.8) is 0 Å². The highest BCUT2D eigenvalue weighted by Crippen LogP contribution is 2.30. The van der Waals surface area contributed by atoms with Crippen molar-refractivity contribution in [1.29, 1.82) is 5.26 Å². The minimum Gasteiger partial charge on any atom is -0.457 e. The van der Waals surface area contributed by atoms with Crippen molar-refractivity contribution in [2.24, 2.45) is 0 Å². The van der Waals surface area contributed by atoms with Gasteiger partial charge in [-0.2, -0.15) is 5.26 Å². The lowest BCUT2D eigenvalue weighted by Crippen LogP contribution is -2.29. The highest BCUT2D eigenvalue weighted by atomic mass is 16.5. The molecular formula is C21H13N3O3. The van der Waals surface area contributed by atoms with E-state index < -0.39 is 0 Å². The lowest BCUT2D eigenvalue weighted by Gasteiger charge is -2.13. The van der Waals surface area contributed by atoms with Crippen LogP contribution in [0.15, 0.2) is 67.0 Å². The summed E-state index contributed by atoms with van der Waals surface area (Å²) < 4.78 is 5.74. The lowest BCUT2D eigenvalue weighted by molar-refractivity contribution is 0.0642. The summed E-state index contributed by atoms with van der Waals surface area (Å²) in [6, 6.07) is 17.1. The molecule has 6 nitrogen and oxygen atoms in total.